The van der Waals surface area contributed by atoms with Crippen molar-refractivity contribution in [2.75, 3.05) is 6.61 Å². The highest BCUT2D eigenvalue weighted by atomic mass is 28.4. The van der Waals surface area contributed by atoms with Gasteiger partial charge in [0.05, 0.1) is 13.0 Å². The highest BCUT2D eigenvalue weighted by molar-refractivity contribution is 6.69. The molecule has 0 aliphatic carbocycles. The van der Waals surface area contributed by atoms with Crippen LogP contribution in [0, 0.1) is 23.7 Å². The van der Waals surface area contributed by atoms with Crippen molar-refractivity contribution < 1.29 is 4.43 Å². The minimum atomic E-state index is -1.37. The maximum absolute atomic E-state index is 5.55. The molecule has 0 aromatic carbocycles. The monoisotopic (exact) mass is 192 g/mol. The summed E-state index contributed by atoms with van der Waals surface area (Å²) in [5, 5.41) is 0. The Morgan fingerprint density at radius 1 is 1.08 bits per heavy atom. The summed E-state index contributed by atoms with van der Waals surface area (Å²) < 4.78 is 5.55. The lowest BCUT2D eigenvalue weighted by Crippen LogP contribution is -2.25. The van der Waals surface area contributed by atoms with E-state index in [0.29, 0.717) is 13.0 Å². The van der Waals surface area contributed by atoms with E-state index in [9.17, 15) is 0 Å². The Labute approximate surface area is 83.8 Å². The first-order valence-corrected chi connectivity index (χ1v) is 8.02. The van der Waals surface area contributed by atoms with Crippen molar-refractivity contribution in [3.8, 4) is 23.7 Å². The molecule has 0 atom stereocenters. The van der Waals surface area contributed by atoms with Crippen molar-refractivity contribution in [3.63, 3.8) is 0 Å². The van der Waals surface area contributed by atoms with Gasteiger partial charge in [0, 0.05) is 0 Å². The van der Waals surface area contributed by atoms with Crippen LogP contribution in [-0.2, 0) is 4.43 Å². The summed E-state index contributed by atoms with van der Waals surface area (Å²) >= 11 is 0. The van der Waals surface area contributed by atoms with Crippen LogP contribution in [0.3, 0.4) is 0 Å². The third kappa shape index (κ3) is 11.4. The second kappa shape index (κ2) is 6.83. The number of hydrogen-bond donors (Lipinski definition) is 0. The fourth-order valence-electron chi connectivity index (χ4n) is 0.598. The lowest BCUT2D eigenvalue weighted by molar-refractivity contribution is 0.365. The molecule has 0 amide bonds. The molecule has 0 aromatic rings. The number of rotatable bonds is 2. The van der Waals surface area contributed by atoms with Crippen LogP contribution < -0.4 is 0 Å². The Morgan fingerprint density at radius 2 is 1.69 bits per heavy atom. The normalized spacial score (nSPS) is 9.46. The van der Waals surface area contributed by atoms with E-state index in [1.54, 1.807) is 0 Å². The SMILES string of the molecule is BCC#CCC#CCO[Si](C)(C)C. The van der Waals surface area contributed by atoms with Gasteiger partial charge in [0.15, 0.2) is 8.32 Å². The summed E-state index contributed by atoms with van der Waals surface area (Å²) in [4.78, 5) is 0. The van der Waals surface area contributed by atoms with Crippen LogP contribution in [0.15, 0.2) is 0 Å². The molecule has 0 aliphatic heterocycles. The second-order valence-electron chi connectivity index (χ2n) is 3.64. The zero-order chi connectivity index (χ0) is 10.2. The highest BCUT2D eigenvalue weighted by Crippen LogP contribution is 2.00. The third-order valence-electron chi connectivity index (χ3n) is 1.18. The minimum Gasteiger partial charge on any atom is -0.407 e. The molecule has 0 heterocycles. The van der Waals surface area contributed by atoms with E-state index in [1.807, 2.05) is 7.85 Å². The maximum atomic E-state index is 5.55. The van der Waals surface area contributed by atoms with Gasteiger partial charge in [0.1, 0.15) is 7.85 Å². The molecule has 0 fully saturated rings. The lowest BCUT2D eigenvalue weighted by atomic mass is 10.1. The molecule has 0 radical (unpaired) electrons. The molecule has 0 saturated carbocycles. The van der Waals surface area contributed by atoms with Crippen LogP contribution in [-0.4, -0.2) is 22.8 Å². The maximum Gasteiger partial charge on any atom is 0.185 e. The summed E-state index contributed by atoms with van der Waals surface area (Å²) in [6.07, 6.45) is 1.58. The fraction of sp³-hybridized carbons (Fsp3) is 0.600. The summed E-state index contributed by atoms with van der Waals surface area (Å²) in [5.74, 6) is 11.9. The zero-order valence-corrected chi connectivity index (χ0v) is 10.0. The van der Waals surface area contributed by atoms with E-state index in [2.05, 4.69) is 43.3 Å². The first-order chi connectivity index (χ1) is 6.06. The van der Waals surface area contributed by atoms with Crippen molar-refractivity contribution in [2.45, 2.75) is 32.4 Å². The van der Waals surface area contributed by atoms with Crippen LogP contribution in [0.5, 0.6) is 0 Å². The van der Waals surface area contributed by atoms with Gasteiger partial charge in [-0.15, -0.1) is 5.92 Å². The number of hydrogen-bond acceptors (Lipinski definition) is 1. The first kappa shape index (κ1) is 12.4. The van der Waals surface area contributed by atoms with E-state index in [1.165, 1.54) is 0 Å². The zero-order valence-electron chi connectivity index (χ0n) is 9.03. The molecule has 0 saturated heterocycles. The largest absolute Gasteiger partial charge is 0.407 e. The molecular weight excluding hydrogens is 175 g/mol. The Balaban J connectivity index is 3.52. The fourth-order valence-corrected chi connectivity index (χ4v) is 1.10. The quantitative estimate of drug-likeness (QED) is 0.473. The predicted octanol–water partition coefficient (Wildman–Crippen LogP) is 1.29. The molecular formula is C10H17BOSi. The van der Waals surface area contributed by atoms with Gasteiger partial charge in [-0.2, -0.15) is 0 Å². The van der Waals surface area contributed by atoms with Crippen LogP contribution in [0.2, 0.25) is 26.0 Å². The first-order valence-electron chi connectivity index (χ1n) is 4.61. The smallest absolute Gasteiger partial charge is 0.185 e. The van der Waals surface area contributed by atoms with Crippen molar-refractivity contribution >= 4 is 16.2 Å². The summed E-state index contributed by atoms with van der Waals surface area (Å²) in [6.45, 7) is 7.03. The van der Waals surface area contributed by atoms with Gasteiger partial charge >= 0.3 is 0 Å². The van der Waals surface area contributed by atoms with E-state index >= 15 is 0 Å². The van der Waals surface area contributed by atoms with Gasteiger partial charge in [-0.3, -0.25) is 0 Å². The molecule has 1 nitrogen and oxygen atoms in total. The Kier molecular flexibility index (Phi) is 6.50. The molecule has 0 unspecified atom stereocenters. The van der Waals surface area contributed by atoms with Crippen LogP contribution >= 0.6 is 0 Å². The van der Waals surface area contributed by atoms with Crippen LogP contribution in [0.4, 0.5) is 0 Å². The third-order valence-corrected chi connectivity index (χ3v) is 2.19. The Hall–Kier alpha value is -0.638. The van der Waals surface area contributed by atoms with E-state index < -0.39 is 8.32 Å². The lowest BCUT2D eigenvalue weighted by Gasteiger charge is -2.13. The molecule has 0 N–H and O–H groups in total. The van der Waals surface area contributed by atoms with Crippen molar-refractivity contribution in [3.05, 3.63) is 0 Å². The van der Waals surface area contributed by atoms with E-state index in [4.69, 9.17) is 4.43 Å². The molecule has 0 bridgehead atoms. The second-order valence-corrected chi connectivity index (χ2v) is 8.15. The summed E-state index contributed by atoms with van der Waals surface area (Å²) in [6, 6.07) is 0. The van der Waals surface area contributed by atoms with Gasteiger partial charge < -0.3 is 4.43 Å². The molecule has 13 heavy (non-hydrogen) atoms. The Morgan fingerprint density at radius 3 is 2.23 bits per heavy atom. The van der Waals surface area contributed by atoms with Crippen LogP contribution in [0.25, 0.3) is 0 Å². The van der Waals surface area contributed by atoms with Gasteiger partial charge in [-0.1, -0.05) is 17.8 Å². The highest BCUT2D eigenvalue weighted by Gasteiger charge is 2.12. The van der Waals surface area contributed by atoms with Crippen LogP contribution in [0.1, 0.15) is 6.42 Å². The van der Waals surface area contributed by atoms with Gasteiger partial charge in [-0.25, -0.2) is 0 Å². The molecule has 70 valence electrons. The average molecular weight is 192 g/mol. The molecule has 0 spiro atoms. The van der Waals surface area contributed by atoms with E-state index in [-0.39, 0.29) is 0 Å². The summed E-state index contributed by atoms with van der Waals surface area (Å²) in [5.41, 5.74) is 0. The standard InChI is InChI=1S/C10H17BOSi/c1-13(2,3)12-10-8-6-4-5-7-9-11/h4,9-11H2,1-3H3. The van der Waals surface area contributed by atoms with Crippen molar-refractivity contribution in [1.82, 2.24) is 0 Å². The van der Waals surface area contributed by atoms with Crippen molar-refractivity contribution in [1.29, 1.82) is 0 Å². The molecule has 0 aromatic heterocycles. The van der Waals surface area contributed by atoms with Gasteiger partial charge in [0.25, 0.3) is 0 Å². The van der Waals surface area contributed by atoms with Crippen molar-refractivity contribution in [2.24, 2.45) is 0 Å². The molecule has 0 aliphatic rings. The topological polar surface area (TPSA) is 9.23 Å². The van der Waals surface area contributed by atoms with Gasteiger partial charge in [-0.05, 0) is 26.0 Å². The average Bonchev–Trinajstić information content (AvgIpc) is 2.01. The van der Waals surface area contributed by atoms with Gasteiger partial charge in [0.2, 0.25) is 0 Å². The summed E-state index contributed by atoms with van der Waals surface area (Å²) in [7, 11) is 0.665. The minimum absolute atomic E-state index is 0.559. The molecule has 0 rings (SSSR count). The Bertz CT molecular complexity index is 246. The van der Waals surface area contributed by atoms with E-state index in [0.717, 1.165) is 6.32 Å². The predicted molar refractivity (Wildman–Crippen MR) is 62.8 cm³/mol. The molecule has 3 heteroatoms.